The number of thioether (sulfide) groups is 1. The molecule has 5 nitrogen and oxygen atoms in total. The van der Waals surface area contributed by atoms with Crippen molar-refractivity contribution in [2.75, 3.05) is 6.54 Å². The zero-order valence-electron chi connectivity index (χ0n) is 8.71. The third-order valence-electron chi connectivity index (χ3n) is 2.03. The minimum Gasteiger partial charge on any atom is -0.548 e. The molecule has 0 atom stereocenters. The van der Waals surface area contributed by atoms with E-state index in [0.717, 1.165) is 16.7 Å². The number of carboxylic acids is 1. The molecule has 1 saturated heterocycles. The van der Waals surface area contributed by atoms with Gasteiger partial charge in [-0.3, -0.25) is 9.69 Å². The summed E-state index contributed by atoms with van der Waals surface area (Å²) in [6.45, 7) is -0.530. The Bertz CT molecular complexity index is 566. The predicted molar refractivity (Wildman–Crippen MR) is 76.3 cm³/mol. The van der Waals surface area contributed by atoms with E-state index in [1.807, 2.05) is 22.6 Å². The van der Waals surface area contributed by atoms with Crippen LogP contribution in [0, 0.1) is 3.77 Å². The van der Waals surface area contributed by atoms with E-state index >= 15 is 0 Å². The molecule has 0 spiro atoms. The highest BCUT2D eigenvalue weighted by Gasteiger charge is 2.32. The highest BCUT2D eigenvalue weighted by molar-refractivity contribution is 14.1. The molecule has 0 radical (unpaired) electrons. The number of hydrogen-bond acceptors (Lipinski definition) is 6. The van der Waals surface area contributed by atoms with Gasteiger partial charge in [-0.25, -0.2) is 0 Å². The summed E-state index contributed by atoms with van der Waals surface area (Å²) in [5.74, 6) is -1.27. The number of aliphatic carboxylic acids is 1. The van der Waals surface area contributed by atoms with Crippen LogP contribution in [0.5, 0.6) is 0 Å². The summed E-state index contributed by atoms with van der Waals surface area (Å²) in [5, 5.41) is 10.5. The van der Waals surface area contributed by atoms with E-state index in [9.17, 15) is 14.7 Å². The van der Waals surface area contributed by atoms with Gasteiger partial charge >= 0.3 is 0 Å². The topological polar surface area (TPSA) is 73.6 Å². The van der Waals surface area contributed by atoms with Gasteiger partial charge in [0.1, 0.15) is 10.1 Å². The Hall–Kier alpha value is -0.870. The van der Waals surface area contributed by atoms with Crippen molar-refractivity contribution in [1.29, 1.82) is 0 Å². The van der Waals surface area contributed by atoms with E-state index in [-0.39, 0.29) is 4.32 Å². The second-order valence-corrected chi connectivity index (χ2v) is 6.02. The summed E-state index contributed by atoms with van der Waals surface area (Å²) in [5.41, 5.74) is 0. The summed E-state index contributed by atoms with van der Waals surface area (Å²) in [7, 11) is 0. The third-order valence-corrected chi connectivity index (χ3v) is 3.99. The number of amides is 1. The molecule has 1 amide bonds. The molecule has 1 aromatic rings. The number of thiocarbonyl (C=S) groups is 1. The van der Waals surface area contributed by atoms with Gasteiger partial charge in [-0.1, -0.05) is 24.0 Å². The number of carboxylic acid groups (broad SMARTS) is 1. The number of carbonyl (C=O) groups is 2. The number of carbonyl (C=O) groups excluding carboxylic acids is 2. The van der Waals surface area contributed by atoms with Gasteiger partial charge in [-0.15, -0.1) is 0 Å². The molecule has 1 fully saturated rings. The fourth-order valence-electron chi connectivity index (χ4n) is 1.30. The molecule has 0 aromatic carbocycles. The SMILES string of the molecule is O=C([O-])CN1C(=O)/C(=C\c2ccc(I)o2)SC1=S. The van der Waals surface area contributed by atoms with Crippen LogP contribution >= 0.6 is 46.6 Å². The fourth-order valence-corrected chi connectivity index (χ4v) is 2.97. The van der Waals surface area contributed by atoms with Crippen molar-refractivity contribution < 1.29 is 19.1 Å². The Labute approximate surface area is 125 Å². The van der Waals surface area contributed by atoms with Crippen molar-refractivity contribution in [2.24, 2.45) is 0 Å². The molecule has 8 heteroatoms. The second kappa shape index (κ2) is 5.41. The number of rotatable bonds is 3. The minimum atomic E-state index is -1.35. The molecule has 1 aliphatic heterocycles. The van der Waals surface area contributed by atoms with Crippen molar-refractivity contribution in [3.05, 3.63) is 26.6 Å². The molecule has 2 rings (SSSR count). The highest BCUT2D eigenvalue weighted by atomic mass is 127. The summed E-state index contributed by atoms with van der Waals surface area (Å²) < 4.78 is 6.20. The molecule has 2 heterocycles. The molecule has 0 N–H and O–H groups in total. The average Bonchev–Trinajstić information content (AvgIpc) is 2.78. The standard InChI is InChI=1S/C10H6INO4S2/c11-7-2-1-5(16-7)3-6-9(15)12(4-8(13)14)10(17)18-6/h1-3H,4H2,(H,13,14)/p-1/b6-3+. The van der Waals surface area contributed by atoms with Gasteiger partial charge in [0.15, 0.2) is 3.77 Å². The monoisotopic (exact) mass is 394 g/mol. The number of furan rings is 1. The van der Waals surface area contributed by atoms with Crippen LogP contribution < -0.4 is 5.11 Å². The van der Waals surface area contributed by atoms with Crippen molar-refractivity contribution >= 4 is 68.8 Å². The lowest BCUT2D eigenvalue weighted by atomic mass is 10.3. The van der Waals surface area contributed by atoms with Gasteiger partial charge in [0, 0.05) is 6.08 Å². The lowest BCUT2D eigenvalue weighted by Gasteiger charge is -2.14. The van der Waals surface area contributed by atoms with Crippen LogP contribution in [-0.2, 0) is 9.59 Å². The van der Waals surface area contributed by atoms with Gasteiger partial charge in [0.25, 0.3) is 5.91 Å². The first-order chi connectivity index (χ1) is 8.47. The average molecular weight is 394 g/mol. The van der Waals surface area contributed by atoms with Crippen molar-refractivity contribution in [1.82, 2.24) is 4.90 Å². The molecule has 1 aliphatic rings. The smallest absolute Gasteiger partial charge is 0.266 e. The zero-order valence-corrected chi connectivity index (χ0v) is 12.5. The van der Waals surface area contributed by atoms with Crippen molar-refractivity contribution in [2.45, 2.75) is 0 Å². The largest absolute Gasteiger partial charge is 0.548 e. The maximum atomic E-state index is 11.9. The normalized spacial score (nSPS) is 17.8. The minimum absolute atomic E-state index is 0.205. The molecular weight excluding hydrogens is 389 g/mol. The molecule has 1 aromatic heterocycles. The fraction of sp³-hybridized carbons (Fsp3) is 0.100. The second-order valence-electron chi connectivity index (χ2n) is 3.28. The van der Waals surface area contributed by atoms with Gasteiger partial charge in [0.05, 0.1) is 17.4 Å². The maximum Gasteiger partial charge on any atom is 0.266 e. The molecule has 0 aliphatic carbocycles. The van der Waals surface area contributed by atoms with Crippen LogP contribution in [-0.4, -0.2) is 27.6 Å². The molecule has 18 heavy (non-hydrogen) atoms. The lowest BCUT2D eigenvalue weighted by Crippen LogP contribution is -2.40. The van der Waals surface area contributed by atoms with Crippen molar-refractivity contribution in [3.8, 4) is 0 Å². The lowest BCUT2D eigenvalue weighted by molar-refractivity contribution is -0.305. The van der Waals surface area contributed by atoms with Crippen LogP contribution in [0.25, 0.3) is 6.08 Å². The Balaban J connectivity index is 2.22. The number of hydrogen-bond donors (Lipinski definition) is 0. The summed E-state index contributed by atoms with van der Waals surface area (Å²) in [4.78, 5) is 23.7. The van der Waals surface area contributed by atoms with Crippen molar-refractivity contribution in [3.63, 3.8) is 0 Å². The predicted octanol–water partition coefficient (Wildman–Crippen LogP) is 0.835. The van der Waals surface area contributed by atoms with E-state index in [2.05, 4.69) is 0 Å². The van der Waals surface area contributed by atoms with E-state index in [0.29, 0.717) is 14.4 Å². The molecule has 94 valence electrons. The van der Waals surface area contributed by atoms with E-state index in [1.54, 1.807) is 12.1 Å². The first kappa shape index (κ1) is 13.6. The van der Waals surface area contributed by atoms with Crippen LogP contribution in [0.15, 0.2) is 21.5 Å². The van der Waals surface area contributed by atoms with E-state index in [1.165, 1.54) is 6.08 Å². The van der Waals surface area contributed by atoms with Gasteiger partial charge in [0.2, 0.25) is 0 Å². The third kappa shape index (κ3) is 2.93. The van der Waals surface area contributed by atoms with E-state index < -0.39 is 18.4 Å². The molecular formula is C10H5INO4S2-. The van der Waals surface area contributed by atoms with E-state index in [4.69, 9.17) is 16.6 Å². The molecule has 0 saturated carbocycles. The summed E-state index contributed by atoms with van der Waals surface area (Å²) >= 11 is 7.99. The Morgan fingerprint density at radius 3 is 2.89 bits per heavy atom. The molecule has 0 unspecified atom stereocenters. The number of halogens is 1. The Kier molecular flexibility index (Phi) is 4.07. The van der Waals surface area contributed by atoms with Gasteiger partial charge < -0.3 is 14.3 Å². The number of nitrogens with zero attached hydrogens (tertiary/aromatic N) is 1. The quantitative estimate of drug-likeness (QED) is 0.430. The zero-order chi connectivity index (χ0) is 13.3. The van der Waals surface area contributed by atoms with Crippen LogP contribution in [0.4, 0.5) is 0 Å². The van der Waals surface area contributed by atoms with Crippen LogP contribution in [0.3, 0.4) is 0 Å². The van der Waals surface area contributed by atoms with Crippen LogP contribution in [0.2, 0.25) is 0 Å². The summed E-state index contributed by atoms with van der Waals surface area (Å²) in [6, 6.07) is 3.47. The first-order valence-corrected chi connectivity index (χ1v) is 6.98. The Morgan fingerprint density at radius 1 is 1.61 bits per heavy atom. The highest BCUT2D eigenvalue weighted by Crippen LogP contribution is 2.32. The summed E-state index contributed by atoms with van der Waals surface area (Å²) in [6.07, 6.45) is 1.54. The van der Waals surface area contributed by atoms with Gasteiger partial charge in [-0.2, -0.15) is 0 Å². The maximum absolute atomic E-state index is 11.9. The van der Waals surface area contributed by atoms with Crippen LogP contribution in [0.1, 0.15) is 5.76 Å². The molecule has 0 bridgehead atoms. The Morgan fingerprint density at radius 2 is 2.33 bits per heavy atom. The van der Waals surface area contributed by atoms with Gasteiger partial charge in [-0.05, 0) is 34.7 Å². The first-order valence-electron chi connectivity index (χ1n) is 4.68.